The van der Waals surface area contributed by atoms with Crippen molar-refractivity contribution < 1.29 is 9.53 Å². The van der Waals surface area contributed by atoms with Gasteiger partial charge in [-0.05, 0) is 76.9 Å². The van der Waals surface area contributed by atoms with Crippen molar-refractivity contribution in [3.05, 3.63) is 18.2 Å². The third kappa shape index (κ3) is 5.43. The summed E-state index contributed by atoms with van der Waals surface area (Å²) in [6, 6.07) is 6.07. The average molecular weight is 431 g/mol. The lowest BCUT2D eigenvalue weighted by Gasteiger charge is -2.32. The maximum Gasteiger partial charge on any atom is 0.224 e. The number of benzene rings is 1. The van der Waals surface area contributed by atoms with Gasteiger partial charge in [-0.15, -0.1) is 0 Å². The minimum absolute atomic E-state index is 0.0553. The van der Waals surface area contributed by atoms with Crippen molar-refractivity contribution in [1.29, 1.82) is 0 Å². The Morgan fingerprint density at radius 1 is 1.23 bits per heavy atom. The molecule has 1 amide bonds. The highest BCUT2D eigenvalue weighted by Crippen LogP contribution is 2.33. The molecule has 6 nitrogen and oxygen atoms in total. The van der Waals surface area contributed by atoms with Crippen LogP contribution in [0.5, 0.6) is 5.75 Å². The number of likely N-dealkylation sites (tertiary alicyclic amines) is 1. The number of aromatic nitrogens is 1. The first-order valence-corrected chi connectivity index (χ1v) is 12.3. The van der Waals surface area contributed by atoms with Crippen molar-refractivity contribution in [3.8, 4) is 5.75 Å². The summed E-state index contributed by atoms with van der Waals surface area (Å²) in [5, 5.41) is 4.20. The van der Waals surface area contributed by atoms with Gasteiger partial charge in [0.15, 0.2) is 5.13 Å². The molecule has 2 aliphatic heterocycles. The second-order valence-corrected chi connectivity index (χ2v) is 9.40. The van der Waals surface area contributed by atoms with Gasteiger partial charge in [-0.2, -0.15) is 0 Å². The standard InChI is InChI=1S/C23H34N4O2S/c1-2-29-19-9-10-20-21(16-19)30-23(25-20)27-15-6-8-18(17-27)22(28)24-11-7-14-26-12-4-3-5-13-26/h9-10,16,18H,2-8,11-15,17H2,1H3,(H,24,28)/t18-/m1/s1. The summed E-state index contributed by atoms with van der Waals surface area (Å²) < 4.78 is 6.75. The van der Waals surface area contributed by atoms with Crippen LogP contribution in [0.3, 0.4) is 0 Å². The molecule has 0 saturated carbocycles. The first-order chi connectivity index (χ1) is 14.7. The van der Waals surface area contributed by atoms with Gasteiger partial charge >= 0.3 is 0 Å². The Bertz CT molecular complexity index is 834. The fraction of sp³-hybridized carbons (Fsp3) is 0.652. The molecule has 1 atom stereocenters. The number of nitrogens with zero attached hydrogens (tertiary/aromatic N) is 3. The lowest BCUT2D eigenvalue weighted by atomic mass is 9.97. The molecule has 1 aromatic heterocycles. The number of fused-ring (bicyclic) bond motifs is 1. The van der Waals surface area contributed by atoms with Crippen LogP contribution in [-0.4, -0.2) is 61.7 Å². The van der Waals surface area contributed by atoms with Crippen LogP contribution in [0.1, 0.15) is 45.4 Å². The number of carbonyl (C=O) groups excluding carboxylic acids is 1. The molecule has 0 radical (unpaired) electrons. The van der Waals surface area contributed by atoms with E-state index in [-0.39, 0.29) is 11.8 Å². The molecule has 2 saturated heterocycles. The number of ether oxygens (including phenoxy) is 1. The third-order valence-corrected chi connectivity index (χ3v) is 7.20. The predicted octanol–water partition coefficient (Wildman–Crippen LogP) is 3.90. The molecule has 164 valence electrons. The number of amides is 1. The molecule has 0 unspecified atom stereocenters. The third-order valence-electron chi connectivity index (χ3n) is 6.12. The van der Waals surface area contributed by atoms with Gasteiger partial charge in [0.1, 0.15) is 5.75 Å². The number of hydrogen-bond donors (Lipinski definition) is 1. The fourth-order valence-electron chi connectivity index (χ4n) is 4.49. The molecule has 2 aliphatic rings. The quantitative estimate of drug-likeness (QED) is 0.644. The van der Waals surface area contributed by atoms with E-state index in [9.17, 15) is 4.79 Å². The van der Waals surface area contributed by atoms with E-state index >= 15 is 0 Å². The fourth-order valence-corrected chi connectivity index (χ4v) is 5.52. The highest BCUT2D eigenvalue weighted by molar-refractivity contribution is 7.22. The van der Waals surface area contributed by atoms with Crippen LogP contribution in [0.25, 0.3) is 10.2 Å². The van der Waals surface area contributed by atoms with Crippen LogP contribution < -0.4 is 15.0 Å². The van der Waals surface area contributed by atoms with Crippen LogP contribution in [-0.2, 0) is 4.79 Å². The SMILES string of the molecule is CCOc1ccc2nc(N3CCC[C@@H](C(=O)NCCCN4CCCCC4)C3)sc2c1. The van der Waals surface area contributed by atoms with E-state index in [0.717, 1.165) is 66.5 Å². The van der Waals surface area contributed by atoms with Crippen LogP contribution >= 0.6 is 11.3 Å². The summed E-state index contributed by atoms with van der Waals surface area (Å²) >= 11 is 1.69. The van der Waals surface area contributed by atoms with E-state index in [4.69, 9.17) is 9.72 Å². The van der Waals surface area contributed by atoms with E-state index in [1.165, 1.54) is 32.4 Å². The zero-order chi connectivity index (χ0) is 20.8. The van der Waals surface area contributed by atoms with E-state index in [2.05, 4.69) is 21.2 Å². The van der Waals surface area contributed by atoms with Crippen molar-refractivity contribution >= 4 is 32.6 Å². The Morgan fingerprint density at radius 2 is 2.10 bits per heavy atom. The molecule has 0 spiro atoms. The zero-order valence-corrected chi connectivity index (χ0v) is 18.9. The van der Waals surface area contributed by atoms with Gasteiger partial charge in [0.25, 0.3) is 0 Å². The smallest absolute Gasteiger partial charge is 0.224 e. The number of carbonyl (C=O) groups is 1. The molecule has 0 bridgehead atoms. The predicted molar refractivity (Wildman–Crippen MR) is 124 cm³/mol. The summed E-state index contributed by atoms with van der Waals surface area (Å²) in [6.45, 7) is 8.72. The van der Waals surface area contributed by atoms with E-state index in [0.29, 0.717) is 6.61 Å². The summed E-state index contributed by atoms with van der Waals surface area (Å²) in [5.74, 6) is 1.15. The second-order valence-electron chi connectivity index (χ2n) is 8.39. The Labute approximate surface area is 183 Å². The molecule has 0 aliphatic carbocycles. The summed E-state index contributed by atoms with van der Waals surface area (Å²) in [5.41, 5.74) is 1.00. The molecular formula is C23H34N4O2S. The van der Waals surface area contributed by atoms with Crippen molar-refractivity contribution in [1.82, 2.24) is 15.2 Å². The Hall–Kier alpha value is -1.86. The van der Waals surface area contributed by atoms with Crippen molar-refractivity contribution in [2.24, 2.45) is 5.92 Å². The molecule has 4 rings (SSSR count). The molecule has 1 aromatic carbocycles. The number of hydrogen-bond acceptors (Lipinski definition) is 6. The highest BCUT2D eigenvalue weighted by atomic mass is 32.1. The number of nitrogens with one attached hydrogen (secondary N) is 1. The maximum atomic E-state index is 12.7. The van der Waals surface area contributed by atoms with E-state index in [1.54, 1.807) is 11.3 Å². The minimum Gasteiger partial charge on any atom is -0.494 e. The first-order valence-electron chi connectivity index (χ1n) is 11.5. The van der Waals surface area contributed by atoms with E-state index < -0.39 is 0 Å². The molecule has 2 aromatic rings. The number of rotatable bonds is 8. The van der Waals surface area contributed by atoms with Crippen molar-refractivity contribution in [2.75, 3.05) is 50.8 Å². The number of thiazole rings is 1. The topological polar surface area (TPSA) is 57.7 Å². The highest BCUT2D eigenvalue weighted by Gasteiger charge is 2.27. The van der Waals surface area contributed by atoms with Gasteiger partial charge in [-0.25, -0.2) is 4.98 Å². The summed E-state index contributed by atoms with van der Waals surface area (Å²) in [7, 11) is 0. The lowest BCUT2D eigenvalue weighted by Crippen LogP contribution is -2.43. The van der Waals surface area contributed by atoms with Gasteiger partial charge in [0.05, 0.1) is 22.7 Å². The monoisotopic (exact) mass is 430 g/mol. The Kier molecular flexibility index (Phi) is 7.44. The maximum absolute atomic E-state index is 12.7. The van der Waals surface area contributed by atoms with Gasteiger partial charge in [0, 0.05) is 19.6 Å². The molecular weight excluding hydrogens is 396 g/mol. The molecule has 30 heavy (non-hydrogen) atoms. The average Bonchev–Trinajstić information content (AvgIpc) is 3.21. The van der Waals surface area contributed by atoms with Crippen LogP contribution in [0.15, 0.2) is 18.2 Å². The van der Waals surface area contributed by atoms with Crippen LogP contribution in [0, 0.1) is 5.92 Å². The second kappa shape index (κ2) is 10.4. The van der Waals surface area contributed by atoms with Gasteiger partial charge in [-0.3, -0.25) is 4.79 Å². The number of piperidine rings is 2. The van der Waals surface area contributed by atoms with Gasteiger partial charge in [-0.1, -0.05) is 17.8 Å². The largest absolute Gasteiger partial charge is 0.494 e. The van der Waals surface area contributed by atoms with Crippen molar-refractivity contribution in [2.45, 2.75) is 45.4 Å². The lowest BCUT2D eigenvalue weighted by molar-refractivity contribution is -0.125. The van der Waals surface area contributed by atoms with E-state index in [1.807, 2.05) is 19.1 Å². The zero-order valence-electron chi connectivity index (χ0n) is 18.1. The summed E-state index contributed by atoms with van der Waals surface area (Å²) in [6.07, 6.45) is 7.06. The minimum atomic E-state index is 0.0553. The van der Waals surface area contributed by atoms with Crippen LogP contribution in [0.2, 0.25) is 0 Å². The molecule has 7 heteroatoms. The summed E-state index contributed by atoms with van der Waals surface area (Å²) in [4.78, 5) is 22.4. The Balaban J connectivity index is 1.28. The normalized spacial score (nSPS) is 20.4. The van der Waals surface area contributed by atoms with Crippen molar-refractivity contribution in [3.63, 3.8) is 0 Å². The molecule has 2 fully saturated rings. The van der Waals surface area contributed by atoms with Crippen LogP contribution in [0.4, 0.5) is 5.13 Å². The Morgan fingerprint density at radius 3 is 2.93 bits per heavy atom. The first kappa shape index (κ1) is 21.4. The number of anilines is 1. The van der Waals surface area contributed by atoms with Gasteiger partial charge in [0.2, 0.25) is 5.91 Å². The molecule has 3 heterocycles. The van der Waals surface area contributed by atoms with Gasteiger partial charge < -0.3 is 19.9 Å². The molecule has 1 N–H and O–H groups in total.